The Morgan fingerprint density at radius 1 is 1.00 bits per heavy atom. The molecule has 0 aliphatic carbocycles. The third-order valence-corrected chi connectivity index (χ3v) is 2.64. The van der Waals surface area contributed by atoms with Crippen molar-refractivity contribution in [1.82, 2.24) is 0 Å². The molecular formula is C14H13F2N3O. The van der Waals surface area contributed by atoms with Gasteiger partial charge in [-0.15, -0.1) is 0 Å². The molecule has 104 valence electrons. The van der Waals surface area contributed by atoms with Gasteiger partial charge >= 0.3 is 6.03 Å². The number of hydrogen-bond donors (Lipinski definition) is 3. The molecule has 0 fully saturated rings. The van der Waals surface area contributed by atoms with E-state index in [4.69, 9.17) is 5.73 Å². The Labute approximate surface area is 114 Å². The van der Waals surface area contributed by atoms with E-state index >= 15 is 0 Å². The van der Waals surface area contributed by atoms with Crippen molar-refractivity contribution in [3.8, 4) is 0 Å². The summed E-state index contributed by atoms with van der Waals surface area (Å²) >= 11 is 0. The zero-order valence-corrected chi connectivity index (χ0v) is 10.5. The molecule has 0 atom stereocenters. The van der Waals surface area contributed by atoms with E-state index in [2.05, 4.69) is 10.6 Å². The van der Waals surface area contributed by atoms with E-state index in [0.717, 1.165) is 0 Å². The number of para-hydroxylation sites is 1. The van der Waals surface area contributed by atoms with Crippen LogP contribution in [0.1, 0.15) is 5.56 Å². The van der Waals surface area contributed by atoms with E-state index in [0.29, 0.717) is 5.56 Å². The van der Waals surface area contributed by atoms with Crippen LogP contribution >= 0.6 is 0 Å². The van der Waals surface area contributed by atoms with Crippen molar-refractivity contribution < 1.29 is 13.6 Å². The molecule has 2 aromatic carbocycles. The summed E-state index contributed by atoms with van der Waals surface area (Å²) in [6, 6.07) is 9.21. The first kappa shape index (κ1) is 14.0. The molecule has 0 radical (unpaired) electrons. The smallest absolute Gasteiger partial charge is 0.323 e. The number of anilines is 2. The molecule has 0 aromatic heterocycles. The normalized spacial score (nSPS) is 10.2. The third-order valence-electron chi connectivity index (χ3n) is 2.64. The Kier molecular flexibility index (Phi) is 4.27. The summed E-state index contributed by atoms with van der Waals surface area (Å²) in [5, 5.41) is 4.60. The molecule has 0 aliphatic heterocycles. The van der Waals surface area contributed by atoms with Crippen LogP contribution in [0, 0.1) is 11.6 Å². The highest BCUT2D eigenvalue weighted by atomic mass is 19.1. The summed E-state index contributed by atoms with van der Waals surface area (Å²) in [6.07, 6.45) is 0. The number of urea groups is 1. The molecule has 0 saturated heterocycles. The molecule has 20 heavy (non-hydrogen) atoms. The zero-order chi connectivity index (χ0) is 14.5. The van der Waals surface area contributed by atoms with Crippen LogP contribution in [0.4, 0.5) is 25.0 Å². The summed E-state index contributed by atoms with van der Waals surface area (Å²) in [7, 11) is 0. The van der Waals surface area contributed by atoms with Crippen molar-refractivity contribution in [2.75, 3.05) is 10.6 Å². The van der Waals surface area contributed by atoms with E-state index < -0.39 is 17.7 Å². The topological polar surface area (TPSA) is 67.1 Å². The van der Waals surface area contributed by atoms with Gasteiger partial charge in [0.15, 0.2) is 0 Å². The summed E-state index contributed by atoms with van der Waals surface area (Å²) < 4.78 is 27.0. The Morgan fingerprint density at radius 2 is 1.65 bits per heavy atom. The zero-order valence-electron chi connectivity index (χ0n) is 10.5. The summed E-state index contributed by atoms with van der Waals surface area (Å²) in [4.78, 5) is 11.7. The summed E-state index contributed by atoms with van der Waals surface area (Å²) in [6.45, 7) is 0.207. The molecule has 0 saturated carbocycles. The van der Waals surface area contributed by atoms with Crippen molar-refractivity contribution in [2.24, 2.45) is 5.73 Å². The summed E-state index contributed by atoms with van der Waals surface area (Å²) in [5.41, 5.74) is 6.01. The van der Waals surface area contributed by atoms with Gasteiger partial charge < -0.3 is 16.4 Å². The second kappa shape index (κ2) is 6.12. The van der Waals surface area contributed by atoms with Gasteiger partial charge in [-0.2, -0.15) is 0 Å². The number of carbonyl (C=O) groups is 1. The number of benzene rings is 2. The van der Waals surface area contributed by atoms with E-state index in [9.17, 15) is 13.6 Å². The standard InChI is InChI=1S/C14H13F2N3O/c15-10-3-1-2-4-12(10)18-14(20)19-13-6-5-9(8-17)7-11(13)16/h1-7H,8,17H2,(H2,18,19,20). The molecule has 4 nitrogen and oxygen atoms in total. The minimum atomic E-state index is -0.727. The molecule has 6 heteroatoms. The van der Waals surface area contributed by atoms with Gasteiger partial charge in [0.25, 0.3) is 0 Å². The molecule has 0 bridgehead atoms. The average molecular weight is 277 g/mol. The average Bonchev–Trinajstić information content (AvgIpc) is 2.43. The predicted molar refractivity (Wildman–Crippen MR) is 73.3 cm³/mol. The lowest BCUT2D eigenvalue weighted by atomic mass is 10.2. The van der Waals surface area contributed by atoms with Crippen molar-refractivity contribution in [3.63, 3.8) is 0 Å². The number of rotatable bonds is 3. The second-order valence-corrected chi connectivity index (χ2v) is 4.08. The van der Waals surface area contributed by atoms with Crippen LogP contribution < -0.4 is 16.4 Å². The number of nitrogens with two attached hydrogens (primary N) is 1. The van der Waals surface area contributed by atoms with Crippen LogP contribution in [0.3, 0.4) is 0 Å². The van der Waals surface area contributed by atoms with Crippen LogP contribution in [0.25, 0.3) is 0 Å². The van der Waals surface area contributed by atoms with Crippen LogP contribution in [0.2, 0.25) is 0 Å². The molecule has 0 heterocycles. The molecule has 4 N–H and O–H groups in total. The number of nitrogens with one attached hydrogen (secondary N) is 2. The first-order valence-corrected chi connectivity index (χ1v) is 5.91. The van der Waals surface area contributed by atoms with E-state index in [1.54, 1.807) is 12.1 Å². The first-order chi connectivity index (χ1) is 9.60. The highest BCUT2D eigenvalue weighted by Gasteiger charge is 2.09. The molecule has 2 rings (SSSR count). The first-order valence-electron chi connectivity index (χ1n) is 5.91. The fourth-order valence-corrected chi connectivity index (χ4v) is 1.63. The van der Waals surface area contributed by atoms with Gasteiger partial charge in [0, 0.05) is 6.54 Å². The van der Waals surface area contributed by atoms with Crippen LogP contribution in [-0.2, 0) is 6.54 Å². The van der Waals surface area contributed by atoms with Crippen molar-refractivity contribution >= 4 is 17.4 Å². The van der Waals surface area contributed by atoms with Crippen molar-refractivity contribution in [1.29, 1.82) is 0 Å². The molecule has 0 aliphatic rings. The van der Waals surface area contributed by atoms with E-state index in [1.165, 1.54) is 30.3 Å². The van der Waals surface area contributed by atoms with Gasteiger partial charge in [0.05, 0.1) is 11.4 Å². The summed E-state index contributed by atoms with van der Waals surface area (Å²) in [5.74, 6) is -1.17. The molecular weight excluding hydrogens is 264 g/mol. The van der Waals surface area contributed by atoms with E-state index in [-0.39, 0.29) is 17.9 Å². The lowest BCUT2D eigenvalue weighted by Crippen LogP contribution is -2.20. The molecule has 2 amide bonds. The number of halogens is 2. The predicted octanol–water partition coefficient (Wildman–Crippen LogP) is 3.07. The molecule has 0 unspecified atom stereocenters. The van der Waals surface area contributed by atoms with Crippen LogP contribution in [-0.4, -0.2) is 6.03 Å². The minimum absolute atomic E-state index is 0.00367. The van der Waals surface area contributed by atoms with Crippen LogP contribution in [0.5, 0.6) is 0 Å². The highest BCUT2D eigenvalue weighted by molar-refractivity contribution is 5.99. The van der Waals surface area contributed by atoms with Crippen LogP contribution in [0.15, 0.2) is 42.5 Å². The Bertz CT molecular complexity index is 632. The SMILES string of the molecule is NCc1ccc(NC(=O)Nc2ccccc2F)c(F)c1. The fourth-order valence-electron chi connectivity index (χ4n) is 1.63. The lowest BCUT2D eigenvalue weighted by molar-refractivity contribution is 0.262. The van der Waals surface area contributed by atoms with Gasteiger partial charge in [-0.1, -0.05) is 18.2 Å². The monoisotopic (exact) mass is 277 g/mol. The maximum Gasteiger partial charge on any atom is 0.323 e. The maximum atomic E-state index is 13.6. The Morgan fingerprint density at radius 3 is 2.25 bits per heavy atom. The quantitative estimate of drug-likeness (QED) is 0.807. The molecule has 2 aromatic rings. The van der Waals surface area contributed by atoms with Crippen molar-refractivity contribution in [3.05, 3.63) is 59.7 Å². The number of carbonyl (C=O) groups excluding carboxylic acids is 1. The van der Waals surface area contributed by atoms with Gasteiger partial charge in [0.2, 0.25) is 0 Å². The number of hydrogen-bond acceptors (Lipinski definition) is 2. The van der Waals surface area contributed by atoms with Gasteiger partial charge in [-0.25, -0.2) is 13.6 Å². The van der Waals surface area contributed by atoms with E-state index in [1.807, 2.05) is 0 Å². The Balaban J connectivity index is 2.07. The lowest BCUT2D eigenvalue weighted by Gasteiger charge is -2.09. The van der Waals surface area contributed by atoms with Gasteiger partial charge in [-0.3, -0.25) is 0 Å². The second-order valence-electron chi connectivity index (χ2n) is 4.08. The largest absolute Gasteiger partial charge is 0.326 e. The molecule has 0 spiro atoms. The van der Waals surface area contributed by atoms with Gasteiger partial charge in [0.1, 0.15) is 11.6 Å². The van der Waals surface area contributed by atoms with Crippen molar-refractivity contribution in [2.45, 2.75) is 6.54 Å². The third kappa shape index (κ3) is 3.30. The highest BCUT2D eigenvalue weighted by Crippen LogP contribution is 2.17. The number of amides is 2. The fraction of sp³-hybridized carbons (Fsp3) is 0.0714. The Hall–Kier alpha value is -2.47. The minimum Gasteiger partial charge on any atom is -0.326 e. The maximum absolute atomic E-state index is 13.6. The van der Waals surface area contributed by atoms with Gasteiger partial charge in [-0.05, 0) is 29.8 Å².